The first-order valence-electron chi connectivity index (χ1n) is 8.01. The molecule has 0 spiro atoms. The highest BCUT2D eigenvalue weighted by atomic mass is 35.5. The lowest BCUT2D eigenvalue weighted by atomic mass is 10.0. The predicted molar refractivity (Wildman–Crippen MR) is 88.9 cm³/mol. The number of methoxy groups -OCH3 is 1. The molecule has 1 saturated heterocycles. The van der Waals surface area contributed by atoms with Crippen molar-refractivity contribution in [2.75, 3.05) is 33.4 Å². The number of amides is 1. The zero-order chi connectivity index (χ0) is 16.7. The Morgan fingerprint density at radius 1 is 1.52 bits per heavy atom. The quantitative estimate of drug-likeness (QED) is 0.790. The second-order valence-corrected chi connectivity index (χ2v) is 6.35. The normalized spacial score (nSPS) is 17.4. The van der Waals surface area contributed by atoms with E-state index >= 15 is 0 Å². The second-order valence-electron chi connectivity index (χ2n) is 5.94. The molecule has 0 saturated carbocycles. The number of carbonyl (C=O) groups is 1. The Hall–Kier alpha value is -1.17. The minimum Gasteiger partial charge on any atom is -0.383 e. The van der Waals surface area contributed by atoms with Gasteiger partial charge in [-0.3, -0.25) is 4.79 Å². The summed E-state index contributed by atoms with van der Waals surface area (Å²) < 4.78 is 18.2. The van der Waals surface area contributed by atoms with E-state index in [0.717, 1.165) is 31.5 Å². The molecule has 1 atom stereocenters. The predicted octanol–water partition coefficient (Wildman–Crippen LogP) is 2.84. The Morgan fingerprint density at radius 3 is 3.00 bits per heavy atom. The average molecular weight is 343 g/mol. The van der Waals surface area contributed by atoms with Crippen molar-refractivity contribution >= 4 is 17.5 Å². The summed E-state index contributed by atoms with van der Waals surface area (Å²) in [6.45, 7) is 3.39. The van der Waals surface area contributed by atoms with E-state index in [1.165, 1.54) is 12.1 Å². The minimum absolute atomic E-state index is 0.0920. The second kappa shape index (κ2) is 9.21. The van der Waals surface area contributed by atoms with E-state index in [4.69, 9.17) is 16.3 Å². The van der Waals surface area contributed by atoms with Crippen LogP contribution in [0.1, 0.15) is 24.8 Å². The zero-order valence-electron chi connectivity index (χ0n) is 13.5. The SMILES string of the molecule is COCCN(Cc1ccc(F)cc1Cl)C(=O)CCC1CCNC1. The van der Waals surface area contributed by atoms with Gasteiger partial charge in [-0.15, -0.1) is 0 Å². The Morgan fingerprint density at radius 2 is 2.35 bits per heavy atom. The summed E-state index contributed by atoms with van der Waals surface area (Å²) >= 11 is 6.08. The van der Waals surface area contributed by atoms with Crippen molar-refractivity contribution < 1.29 is 13.9 Å². The number of hydrogen-bond donors (Lipinski definition) is 1. The third kappa shape index (κ3) is 5.75. The number of hydrogen-bond acceptors (Lipinski definition) is 3. The van der Waals surface area contributed by atoms with Gasteiger partial charge in [0.1, 0.15) is 5.82 Å². The van der Waals surface area contributed by atoms with Crippen molar-refractivity contribution in [3.63, 3.8) is 0 Å². The van der Waals surface area contributed by atoms with E-state index in [9.17, 15) is 9.18 Å². The monoisotopic (exact) mass is 342 g/mol. The molecule has 0 radical (unpaired) electrons. The van der Waals surface area contributed by atoms with Crippen LogP contribution in [0.15, 0.2) is 18.2 Å². The summed E-state index contributed by atoms with van der Waals surface area (Å²) in [4.78, 5) is 14.3. The molecule has 0 aromatic heterocycles. The fraction of sp³-hybridized carbons (Fsp3) is 0.588. The van der Waals surface area contributed by atoms with Gasteiger partial charge in [-0.05, 0) is 49.5 Å². The average Bonchev–Trinajstić information content (AvgIpc) is 3.04. The highest BCUT2D eigenvalue weighted by Gasteiger charge is 2.19. The highest BCUT2D eigenvalue weighted by molar-refractivity contribution is 6.31. The van der Waals surface area contributed by atoms with Crippen LogP contribution in [0.2, 0.25) is 5.02 Å². The number of rotatable bonds is 8. The molecule has 1 fully saturated rings. The van der Waals surface area contributed by atoms with Crippen LogP contribution in [0, 0.1) is 11.7 Å². The van der Waals surface area contributed by atoms with Crippen molar-refractivity contribution in [3.8, 4) is 0 Å². The lowest BCUT2D eigenvalue weighted by molar-refractivity contribution is -0.132. The van der Waals surface area contributed by atoms with Crippen LogP contribution >= 0.6 is 11.6 Å². The Bertz CT molecular complexity index is 521. The smallest absolute Gasteiger partial charge is 0.222 e. The number of benzene rings is 1. The maximum atomic E-state index is 13.1. The third-order valence-corrected chi connectivity index (χ3v) is 4.58. The molecule has 128 valence electrons. The zero-order valence-corrected chi connectivity index (χ0v) is 14.2. The molecule has 1 N–H and O–H groups in total. The fourth-order valence-corrected chi connectivity index (χ4v) is 3.02. The summed E-state index contributed by atoms with van der Waals surface area (Å²) in [5.74, 6) is 0.300. The summed E-state index contributed by atoms with van der Waals surface area (Å²) in [7, 11) is 1.61. The number of carbonyl (C=O) groups excluding carboxylic acids is 1. The van der Waals surface area contributed by atoms with Crippen molar-refractivity contribution in [2.45, 2.75) is 25.8 Å². The van der Waals surface area contributed by atoms with Crippen LogP contribution in [0.5, 0.6) is 0 Å². The molecule has 1 heterocycles. The molecule has 23 heavy (non-hydrogen) atoms. The Balaban J connectivity index is 1.95. The van der Waals surface area contributed by atoms with Gasteiger partial charge in [0.2, 0.25) is 5.91 Å². The Labute approximate surface area is 141 Å². The molecule has 0 bridgehead atoms. The van der Waals surface area contributed by atoms with Crippen LogP contribution in [-0.2, 0) is 16.1 Å². The van der Waals surface area contributed by atoms with Crippen LogP contribution < -0.4 is 5.32 Å². The summed E-state index contributed by atoms with van der Waals surface area (Å²) in [6.07, 6.45) is 2.55. The van der Waals surface area contributed by atoms with Gasteiger partial charge >= 0.3 is 0 Å². The van der Waals surface area contributed by atoms with Crippen molar-refractivity contribution in [3.05, 3.63) is 34.6 Å². The molecule has 0 aliphatic carbocycles. The van der Waals surface area contributed by atoms with Crippen molar-refractivity contribution in [2.24, 2.45) is 5.92 Å². The maximum Gasteiger partial charge on any atom is 0.222 e. The lowest BCUT2D eigenvalue weighted by Gasteiger charge is -2.23. The van der Waals surface area contributed by atoms with E-state index in [2.05, 4.69) is 5.32 Å². The van der Waals surface area contributed by atoms with Gasteiger partial charge in [0.05, 0.1) is 6.61 Å². The van der Waals surface area contributed by atoms with Crippen molar-refractivity contribution in [1.82, 2.24) is 10.2 Å². The van der Waals surface area contributed by atoms with E-state index in [-0.39, 0.29) is 11.7 Å². The fourth-order valence-electron chi connectivity index (χ4n) is 2.80. The molecule has 1 aromatic carbocycles. The lowest BCUT2D eigenvalue weighted by Crippen LogP contribution is -2.33. The summed E-state index contributed by atoms with van der Waals surface area (Å²) in [6, 6.07) is 4.27. The number of ether oxygens (including phenoxy) is 1. The van der Waals surface area contributed by atoms with Gasteiger partial charge < -0.3 is 15.0 Å². The molecule has 1 aromatic rings. The van der Waals surface area contributed by atoms with Gasteiger partial charge in [0.15, 0.2) is 0 Å². The molecular formula is C17H24ClFN2O2. The summed E-state index contributed by atoms with van der Waals surface area (Å²) in [5, 5.41) is 3.66. The topological polar surface area (TPSA) is 41.6 Å². The molecule has 1 aliphatic heterocycles. The van der Waals surface area contributed by atoms with Crippen molar-refractivity contribution in [1.29, 1.82) is 0 Å². The van der Waals surface area contributed by atoms with Gasteiger partial charge in [-0.1, -0.05) is 17.7 Å². The van der Waals surface area contributed by atoms with Gasteiger partial charge in [-0.25, -0.2) is 4.39 Å². The molecule has 1 aliphatic rings. The standard InChI is InChI=1S/C17H24ClFN2O2/c1-23-9-8-21(12-14-3-4-15(19)10-16(14)18)17(22)5-2-13-6-7-20-11-13/h3-4,10,13,20H,2,5-9,11-12H2,1H3. The van der Waals surface area contributed by atoms with Crippen LogP contribution in [0.4, 0.5) is 4.39 Å². The molecule has 4 nitrogen and oxygen atoms in total. The van der Waals surface area contributed by atoms with Gasteiger partial charge in [0, 0.05) is 31.6 Å². The van der Waals surface area contributed by atoms with E-state index in [1.807, 2.05) is 0 Å². The number of nitrogens with zero attached hydrogens (tertiary/aromatic N) is 1. The van der Waals surface area contributed by atoms with Crippen LogP contribution in [0.25, 0.3) is 0 Å². The van der Waals surface area contributed by atoms with Gasteiger partial charge in [0.25, 0.3) is 0 Å². The number of nitrogens with one attached hydrogen (secondary N) is 1. The first-order chi connectivity index (χ1) is 11.1. The first kappa shape index (κ1) is 18.2. The number of halogens is 2. The largest absolute Gasteiger partial charge is 0.383 e. The third-order valence-electron chi connectivity index (χ3n) is 4.22. The van der Waals surface area contributed by atoms with Gasteiger partial charge in [-0.2, -0.15) is 0 Å². The minimum atomic E-state index is -0.373. The van der Waals surface area contributed by atoms with E-state index in [0.29, 0.717) is 37.1 Å². The first-order valence-corrected chi connectivity index (χ1v) is 8.39. The van der Waals surface area contributed by atoms with E-state index in [1.54, 1.807) is 18.1 Å². The molecule has 1 amide bonds. The van der Waals surface area contributed by atoms with E-state index < -0.39 is 0 Å². The molecular weight excluding hydrogens is 319 g/mol. The molecule has 1 unspecified atom stereocenters. The molecule has 2 rings (SSSR count). The highest BCUT2D eigenvalue weighted by Crippen LogP contribution is 2.20. The van der Waals surface area contributed by atoms with Crippen LogP contribution in [-0.4, -0.2) is 44.2 Å². The van der Waals surface area contributed by atoms with Crippen LogP contribution in [0.3, 0.4) is 0 Å². The Kier molecular flexibility index (Phi) is 7.27. The molecule has 6 heteroatoms. The maximum absolute atomic E-state index is 13.1. The summed E-state index contributed by atoms with van der Waals surface area (Å²) in [5.41, 5.74) is 0.750.